The topological polar surface area (TPSA) is 46.3 Å². The summed E-state index contributed by atoms with van der Waals surface area (Å²) in [5.74, 6) is 0.620. The summed E-state index contributed by atoms with van der Waals surface area (Å²) in [5.41, 5.74) is 2.26. The molecule has 78 valence electrons. The van der Waals surface area contributed by atoms with Crippen molar-refractivity contribution in [2.45, 2.75) is 6.92 Å². The second-order valence-electron chi connectivity index (χ2n) is 3.20. The maximum atomic E-state index is 11.1. The van der Waals surface area contributed by atoms with Crippen LogP contribution >= 0.6 is 15.9 Å². The summed E-state index contributed by atoms with van der Waals surface area (Å²) in [6.07, 6.45) is 0. The van der Waals surface area contributed by atoms with Crippen LogP contribution in [0.3, 0.4) is 0 Å². The third-order valence-corrected chi connectivity index (χ3v) is 2.66. The minimum absolute atomic E-state index is 0.193. The van der Waals surface area contributed by atoms with Crippen molar-refractivity contribution in [1.29, 1.82) is 0 Å². The largest absolute Gasteiger partial charge is 0.441 e. The summed E-state index contributed by atoms with van der Waals surface area (Å²) in [5, 5.41) is 0. The summed E-state index contributed by atoms with van der Waals surface area (Å²) in [7, 11) is 1.69. The van der Waals surface area contributed by atoms with Crippen LogP contribution in [0.2, 0.25) is 0 Å². The molecule has 4 nitrogen and oxygen atoms in total. The van der Waals surface area contributed by atoms with Gasteiger partial charge in [-0.15, -0.1) is 0 Å². The van der Waals surface area contributed by atoms with Crippen molar-refractivity contribution in [3.63, 3.8) is 0 Å². The molecule has 0 bridgehead atoms. The smallest absolute Gasteiger partial charge is 0.293 e. The molecule has 0 radical (unpaired) electrons. The average Bonchev–Trinajstić information content (AvgIpc) is 2.55. The van der Waals surface area contributed by atoms with Crippen molar-refractivity contribution in [3.05, 3.63) is 24.1 Å². The number of aromatic nitrogens is 1. The zero-order valence-electron chi connectivity index (χ0n) is 8.32. The standard InChI is InChI=1S/C10H9BrN2O2/c1-6-12-8-5-7(13(2)10(11)14)3-4-9(8)15-6/h3-5H,1-2H3. The van der Waals surface area contributed by atoms with E-state index in [1.807, 2.05) is 12.1 Å². The van der Waals surface area contributed by atoms with Gasteiger partial charge in [-0.05, 0) is 18.2 Å². The molecule has 0 aliphatic heterocycles. The Hall–Kier alpha value is -1.36. The zero-order valence-corrected chi connectivity index (χ0v) is 9.91. The second kappa shape index (κ2) is 3.66. The average molecular weight is 269 g/mol. The van der Waals surface area contributed by atoms with E-state index < -0.39 is 0 Å². The molecule has 0 atom stereocenters. The van der Waals surface area contributed by atoms with Crippen LogP contribution in [0.5, 0.6) is 0 Å². The lowest BCUT2D eigenvalue weighted by Crippen LogP contribution is -2.18. The Labute approximate surface area is 95.0 Å². The highest BCUT2D eigenvalue weighted by molar-refractivity contribution is 9.18. The van der Waals surface area contributed by atoms with Crippen LogP contribution < -0.4 is 4.90 Å². The summed E-state index contributed by atoms with van der Waals surface area (Å²) < 4.78 is 5.34. The molecule has 0 N–H and O–H groups in total. The predicted molar refractivity (Wildman–Crippen MR) is 61.5 cm³/mol. The van der Waals surface area contributed by atoms with Gasteiger partial charge < -0.3 is 9.32 Å². The number of halogens is 1. The number of anilines is 1. The Morgan fingerprint density at radius 2 is 2.27 bits per heavy atom. The number of benzene rings is 1. The van der Waals surface area contributed by atoms with Gasteiger partial charge in [0.05, 0.1) is 0 Å². The van der Waals surface area contributed by atoms with Crippen LogP contribution in [-0.2, 0) is 0 Å². The van der Waals surface area contributed by atoms with E-state index in [-0.39, 0.29) is 4.82 Å². The highest BCUT2D eigenvalue weighted by Gasteiger charge is 2.09. The van der Waals surface area contributed by atoms with Crippen molar-refractivity contribution in [2.75, 3.05) is 11.9 Å². The molecule has 15 heavy (non-hydrogen) atoms. The Kier molecular flexibility index (Phi) is 2.48. The van der Waals surface area contributed by atoms with E-state index in [0.29, 0.717) is 5.89 Å². The molecule has 0 fully saturated rings. The molecule has 0 saturated heterocycles. The van der Waals surface area contributed by atoms with Gasteiger partial charge in [-0.25, -0.2) is 4.98 Å². The monoisotopic (exact) mass is 268 g/mol. The molecular weight excluding hydrogens is 260 g/mol. The number of carbonyl (C=O) groups excluding carboxylic acids is 1. The number of fused-ring (bicyclic) bond motifs is 1. The number of nitrogens with zero attached hydrogens (tertiary/aromatic N) is 2. The highest BCUT2D eigenvalue weighted by Crippen LogP contribution is 2.22. The van der Waals surface area contributed by atoms with Crippen LogP contribution in [-0.4, -0.2) is 16.8 Å². The number of oxazole rings is 1. The molecule has 0 spiro atoms. The van der Waals surface area contributed by atoms with E-state index in [2.05, 4.69) is 20.9 Å². The first-order valence-corrected chi connectivity index (χ1v) is 5.17. The van der Waals surface area contributed by atoms with E-state index in [9.17, 15) is 4.79 Å². The normalized spacial score (nSPS) is 10.6. The fraction of sp³-hybridized carbons (Fsp3) is 0.200. The molecular formula is C10H9BrN2O2. The number of aryl methyl sites for hydroxylation is 1. The molecule has 5 heteroatoms. The van der Waals surface area contributed by atoms with E-state index >= 15 is 0 Å². The summed E-state index contributed by atoms with van der Waals surface area (Å²) >= 11 is 2.89. The van der Waals surface area contributed by atoms with Crippen molar-refractivity contribution in [1.82, 2.24) is 4.98 Å². The number of amides is 1. The minimum Gasteiger partial charge on any atom is -0.441 e. The molecule has 0 unspecified atom stereocenters. The maximum absolute atomic E-state index is 11.1. The minimum atomic E-state index is -0.193. The molecule has 0 saturated carbocycles. The molecule has 2 aromatic rings. The first kappa shape index (κ1) is 10.2. The fourth-order valence-corrected chi connectivity index (χ4v) is 1.55. The van der Waals surface area contributed by atoms with Gasteiger partial charge in [-0.2, -0.15) is 0 Å². The fourth-order valence-electron chi connectivity index (χ4n) is 1.34. The maximum Gasteiger partial charge on any atom is 0.293 e. The van der Waals surface area contributed by atoms with Crippen molar-refractivity contribution >= 4 is 37.5 Å². The molecule has 1 heterocycles. The van der Waals surface area contributed by atoms with Gasteiger partial charge in [0, 0.05) is 35.6 Å². The van der Waals surface area contributed by atoms with Gasteiger partial charge in [-0.1, -0.05) is 0 Å². The number of carbonyl (C=O) groups is 1. The van der Waals surface area contributed by atoms with Gasteiger partial charge in [0.1, 0.15) is 5.52 Å². The lowest BCUT2D eigenvalue weighted by molar-refractivity contribution is 0.267. The van der Waals surface area contributed by atoms with Gasteiger partial charge >= 0.3 is 0 Å². The third kappa shape index (κ3) is 1.87. The molecule has 1 amide bonds. The van der Waals surface area contributed by atoms with Gasteiger partial charge in [-0.3, -0.25) is 4.79 Å². The first-order chi connectivity index (χ1) is 7.08. The second-order valence-corrected chi connectivity index (χ2v) is 3.88. The summed E-state index contributed by atoms with van der Waals surface area (Å²) in [6, 6.07) is 5.42. The molecule has 1 aromatic carbocycles. The zero-order chi connectivity index (χ0) is 11.0. The van der Waals surface area contributed by atoms with E-state index in [4.69, 9.17) is 4.42 Å². The van der Waals surface area contributed by atoms with Crippen LogP contribution in [0.1, 0.15) is 5.89 Å². The molecule has 0 aliphatic carbocycles. The Balaban J connectivity index is 2.50. The summed E-state index contributed by atoms with van der Waals surface area (Å²) in [6.45, 7) is 1.79. The van der Waals surface area contributed by atoms with Crippen molar-refractivity contribution in [2.24, 2.45) is 0 Å². The molecule has 0 aliphatic rings. The van der Waals surface area contributed by atoms with E-state index in [1.165, 1.54) is 4.90 Å². The first-order valence-electron chi connectivity index (χ1n) is 4.38. The van der Waals surface area contributed by atoms with Crippen LogP contribution in [0.15, 0.2) is 22.6 Å². The SMILES string of the molecule is Cc1nc2cc(N(C)C(=O)Br)ccc2o1. The van der Waals surface area contributed by atoms with Gasteiger partial charge in [0.2, 0.25) is 0 Å². The Morgan fingerprint density at radius 3 is 2.93 bits per heavy atom. The van der Waals surface area contributed by atoms with Crippen molar-refractivity contribution in [3.8, 4) is 0 Å². The van der Waals surface area contributed by atoms with Crippen LogP contribution in [0, 0.1) is 6.92 Å². The summed E-state index contributed by atoms with van der Waals surface area (Å²) in [4.78, 5) is 16.6. The molecule has 1 aromatic heterocycles. The quantitative estimate of drug-likeness (QED) is 0.590. The highest BCUT2D eigenvalue weighted by atomic mass is 79.9. The third-order valence-electron chi connectivity index (χ3n) is 2.13. The van der Waals surface area contributed by atoms with Gasteiger partial charge in [0.25, 0.3) is 4.82 Å². The van der Waals surface area contributed by atoms with Gasteiger partial charge in [0.15, 0.2) is 11.5 Å². The lowest BCUT2D eigenvalue weighted by Gasteiger charge is -2.12. The van der Waals surface area contributed by atoms with Crippen LogP contribution in [0.25, 0.3) is 11.1 Å². The number of hydrogen-bond donors (Lipinski definition) is 0. The Morgan fingerprint density at radius 1 is 1.53 bits per heavy atom. The Bertz CT molecular complexity index is 521. The predicted octanol–water partition coefficient (Wildman–Crippen LogP) is 3.09. The lowest BCUT2D eigenvalue weighted by atomic mass is 10.3. The van der Waals surface area contributed by atoms with Crippen LogP contribution in [0.4, 0.5) is 10.5 Å². The van der Waals surface area contributed by atoms with Crippen molar-refractivity contribution < 1.29 is 9.21 Å². The van der Waals surface area contributed by atoms with E-state index in [1.54, 1.807) is 20.0 Å². The molecule has 2 rings (SSSR count). The van der Waals surface area contributed by atoms with E-state index in [0.717, 1.165) is 16.8 Å². The number of hydrogen-bond acceptors (Lipinski definition) is 3. The number of rotatable bonds is 1.